The predicted molar refractivity (Wildman–Crippen MR) is 83.8 cm³/mol. The molecular formula is C14H24N4O2S. The van der Waals surface area contributed by atoms with E-state index < -0.39 is 5.60 Å². The minimum Gasteiger partial charge on any atom is -0.444 e. The molecule has 0 aliphatic carbocycles. The van der Waals surface area contributed by atoms with Gasteiger partial charge in [-0.2, -0.15) is 0 Å². The zero-order valence-corrected chi connectivity index (χ0v) is 14.2. The predicted octanol–water partition coefficient (Wildman–Crippen LogP) is 2.73. The van der Waals surface area contributed by atoms with Gasteiger partial charge in [-0.05, 0) is 47.5 Å². The number of carbonyl (C=O) groups is 1. The van der Waals surface area contributed by atoms with Gasteiger partial charge in [0, 0.05) is 18.6 Å². The molecule has 1 aromatic rings. The summed E-state index contributed by atoms with van der Waals surface area (Å²) in [4.78, 5) is 14.1. The van der Waals surface area contributed by atoms with Crippen molar-refractivity contribution in [3.8, 4) is 0 Å². The minimum absolute atomic E-state index is 0.153. The zero-order valence-electron chi connectivity index (χ0n) is 13.3. The third-order valence-electron chi connectivity index (χ3n) is 3.36. The van der Waals surface area contributed by atoms with E-state index in [0.717, 1.165) is 29.5 Å². The van der Waals surface area contributed by atoms with Crippen LogP contribution in [0.25, 0.3) is 0 Å². The molecule has 0 bridgehead atoms. The lowest BCUT2D eigenvalue weighted by molar-refractivity contribution is 0.0494. The molecule has 6 nitrogen and oxygen atoms in total. The van der Waals surface area contributed by atoms with Gasteiger partial charge in [0.25, 0.3) is 0 Å². The zero-order chi connectivity index (χ0) is 15.6. The first-order chi connectivity index (χ1) is 9.74. The standard InChI is InChI=1S/C14H24N4O2S/c1-9-8-11(15-13(19)20-14(3,4)5)6-7-18(9)12-17-16-10(2)21-12/h9,11H,6-8H2,1-5H3,(H,15,19). The number of amides is 1. The second kappa shape index (κ2) is 6.17. The van der Waals surface area contributed by atoms with Crippen LogP contribution in [0.15, 0.2) is 0 Å². The van der Waals surface area contributed by atoms with Crippen LogP contribution in [0, 0.1) is 6.92 Å². The summed E-state index contributed by atoms with van der Waals surface area (Å²) in [7, 11) is 0. The Morgan fingerprint density at radius 2 is 2.14 bits per heavy atom. The summed E-state index contributed by atoms with van der Waals surface area (Å²) in [6.07, 6.45) is 1.44. The van der Waals surface area contributed by atoms with Crippen molar-refractivity contribution >= 4 is 22.6 Å². The van der Waals surface area contributed by atoms with Crippen LogP contribution in [0.2, 0.25) is 0 Å². The molecule has 2 atom stereocenters. The molecule has 1 amide bonds. The van der Waals surface area contributed by atoms with Crippen molar-refractivity contribution in [2.45, 2.75) is 65.1 Å². The number of hydrogen-bond acceptors (Lipinski definition) is 6. The number of piperidine rings is 1. The molecule has 2 heterocycles. The smallest absolute Gasteiger partial charge is 0.407 e. The quantitative estimate of drug-likeness (QED) is 0.909. The first kappa shape index (κ1) is 16.0. The molecule has 1 saturated heterocycles. The molecule has 1 aliphatic heterocycles. The van der Waals surface area contributed by atoms with Gasteiger partial charge >= 0.3 is 6.09 Å². The van der Waals surface area contributed by atoms with Gasteiger partial charge in [-0.15, -0.1) is 10.2 Å². The van der Waals surface area contributed by atoms with E-state index in [9.17, 15) is 4.79 Å². The van der Waals surface area contributed by atoms with Crippen LogP contribution in [0.4, 0.5) is 9.93 Å². The number of aromatic nitrogens is 2. The van der Waals surface area contributed by atoms with Gasteiger partial charge in [0.15, 0.2) is 0 Å². The average molecular weight is 312 g/mol. The number of nitrogens with zero attached hydrogens (tertiary/aromatic N) is 3. The maximum Gasteiger partial charge on any atom is 0.407 e. The number of carbonyl (C=O) groups excluding carboxylic acids is 1. The lowest BCUT2D eigenvalue weighted by atomic mass is 9.99. The molecule has 1 N–H and O–H groups in total. The highest BCUT2D eigenvalue weighted by Crippen LogP contribution is 2.27. The fourth-order valence-electron chi connectivity index (χ4n) is 2.46. The summed E-state index contributed by atoms with van der Waals surface area (Å²) in [6, 6.07) is 0.478. The molecule has 0 radical (unpaired) electrons. The first-order valence-electron chi connectivity index (χ1n) is 7.31. The summed E-state index contributed by atoms with van der Waals surface area (Å²) in [6.45, 7) is 10.6. The van der Waals surface area contributed by atoms with Crippen molar-refractivity contribution in [3.63, 3.8) is 0 Å². The minimum atomic E-state index is -0.458. The molecule has 0 aromatic carbocycles. The van der Waals surface area contributed by atoms with Crippen LogP contribution >= 0.6 is 11.3 Å². The Kier molecular flexibility index (Phi) is 4.70. The van der Waals surface area contributed by atoms with Gasteiger partial charge < -0.3 is 15.0 Å². The van der Waals surface area contributed by atoms with E-state index >= 15 is 0 Å². The molecule has 118 valence electrons. The lowest BCUT2D eigenvalue weighted by Gasteiger charge is -2.37. The van der Waals surface area contributed by atoms with Gasteiger partial charge in [0.1, 0.15) is 10.6 Å². The normalized spacial score (nSPS) is 23.0. The summed E-state index contributed by atoms with van der Waals surface area (Å²) >= 11 is 1.61. The highest BCUT2D eigenvalue weighted by molar-refractivity contribution is 7.15. The third-order valence-corrected chi connectivity index (χ3v) is 4.23. The summed E-state index contributed by atoms with van der Waals surface area (Å²) in [5.41, 5.74) is -0.458. The highest BCUT2D eigenvalue weighted by atomic mass is 32.1. The Balaban J connectivity index is 1.87. The molecule has 2 rings (SSSR count). The topological polar surface area (TPSA) is 67.4 Å². The molecule has 0 spiro atoms. The fourth-order valence-corrected chi connectivity index (χ4v) is 3.28. The number of alkyl carbamates (subject to hydrolysis) is 1. The van der Waals surface area contributed by atoms with Gasteiger partial charge in [0.2, 0.25) is 5.13 Å². The Morgan fingerprint density at radius 1 is 1.43 bits per heavy atom. The van der Waals surface area contributed by atoms with Crippen molar-refractivity contribution in [3.05, 3.63) is 5.01 Å². The molecule has 1 fully saturated rings. The van der Waals surface area contributed by atoms with Crippen LogP contribution in [0.5, 0.6) is 0 Å². The van der Waals surface area contributed by atoms with Gasteiger partial charge in [0.05, 0.1) is 0 Å². The van der Waals surface area contributed by atoms with Crippen molar-refractivity contribution in [2.75, 3.05) is 11.4 Å². The molecule has 0 saturated carbocycles. The average Bonchev–Trinajstić information content (AvgIpc) is 2.73. The SMILES string of the molecule is Cc1nnc(N2CCC(NC(=O)OC(C)(C)C)CC2C)s1. The second-order valence-corrected chi connectivity index (χ2v) is 7.67. The Hall–Kier alpha value is -1.37. The van der Waals surface area contributed by atoms with Crippen LogP contribution in [0.1, 0.15) is 45.5 Å². The van der Waals surface area contributed by atoms with E-state index in [0.29, 0.717) is 6.04 Å². The van der Waals surface area contributed by atoms with Crippen LogP contribution in [0.3, 0.4) is 0 Å². The number of ether oxygens (including phenoxy) is 1. The largest absolute Gasteiger partial charge is 0.444 e. The number of rotatable bonds is 2. The van der Waals surface area contributed by atoms with Crippen molar-refractivity contribution in [1.82, 2.24) is 15.5 Å². The van der Waals surface area contributed by atoms with E-state index in [2.05, 4.69) is 27.3 Å². The van der Waals surface area contributed by atoms with Gasteiger partial charge in [-0.3, -0.25) is 0 Å². The number of hydrogen-bond donors (Lipinski definition) is 1. The number of nitrogens with one attached hydrogen (secondary N) is 1. The Morgan fingerprint density at radius 3 is 2.67 bits per heavy atom. The third kappa shape index (κ3) is 4.56. The second-order valence-electron chi connectivity index (χ2n) is 6.51. The van der Waals surface area contributed by atoms with Crippen LogP contribution in [-0.4, -0.2) is 40.5 Å². The summed E-state index contributed by atoms with van der Waals surface area (Å²) in [5, 5.41) is 13.2. The van der Waals surface area contributed by atoms with Gasteiger partial charge in [-0.1, -0.05) is 11.3 Å². The highest BCUT2D eigenvalue weighted by Gasteiger charge is 2.29. The van der Waals surface area contributed by atoms with Crippen molar-refractivity contribution in [1.29, 1.82) is 0 Å². The van der Waals surface area contributed by atoms with E-state index in [1.165, 1.54) is 0 Å². The van der Waals surface area contributed by atoms with Crippen LogP contribution in [-0.2, 0) is 4.74 Å². The molecule has 1 aromatic heterocycles. The summed E-state index contributed by atoms with van der Waals surface area (Å²) in [5.74, 6) is 0. The molecule has 1 aliphatic rings. The molecule has 7 heteroatoms. The maximum atomic E-state index is 11.8. The fraction of sp³-hybridized carbons (Fsp3) is 0.786. The molecule has 2 unspecified atom stereocenters. The van der Waals surface area contributed by atoms with E-state index in [4.69, 9.17) is 4.74 Å². The molecule has 21 heavy (non-hydrogen) atoms. The lowest BCUT2D eigenvalue weighted by Crippen LogP contribution is -2.49. The van der Waals surface area contributed by atoms with Gasteiger partial charge in [-0.25, -0.2) is 4.79 Å². The number of aryl methyl sites for hydroxylation is 1. The van der Waals surface area contributed by atoms with E-state index in [1.54, 1.807) is 11.3 Å². The van der Waals surface area contributed by atoms with Crippen LogP contribution < -0.4 is 10.2 Å². The maximum absolute atomic E-state index is 11.8. The number of anilines is 1. The van der Waals surface area contributed by atoms with E-state index in [1.807, 2.05) is 27.7 Å². The van der Waals surface area contributed by atoms with E-state index in [-0.39, 0.29) is 12.1 Å². The molecular weight excluding hydrogens is 288 g/mol. The Bertz CT molecular complexity index is 497. The first-order valence-corrected chi connectivity index (χ1v) is 8.12. The van der Waals surface area contributed by atoms with Crippen molar-refractivity contribution < 1.29 is 9.53 Å². The Labute approximate surface area is 129 Å². The monoisotopic (exact) mass is 312 g/mol. The summed E-state index contributed by atoms with van der Waals surface area (Å²) < 4.78 is 5.31. The van der Waals surface area contributed by atoms with Crippen molar-refractivity contribution in [2.24, 2.45) is 0 Å².